The van der Waals surface area contributed by atoms with Crippen LogP contribution in [0.3, 0.4) is 0 Å². The Bertz CT molecular complexity index is 450. The van der Waals surface area contributed by atoms with E-state index in [1.165, 1.54) is 17.7 Å². The fourth-order valence-electron chi connectivity index (χ4n) is 1.66. The van der Waals surface area contributed by atoms with Gasteiger partial charge in [-0.15, -0.1) is 0 Å². The monoisotopic (exact) mass is 285 g/mol. The zero-order valence-corrected chi connectivity index (χ0v) is 12.4. The second-order valence-corrected chi connectivity index (χ2v) is 5.88. The third-order valence-electron chi connectivity index (χ3n) is 2.91. The van der Waals surface area contributed by atoms with Crippen molar-refractivity contribution >= 4 is 6.08 Å². The summed E-state index contributed by atoms with van der Waals surface area (Å²) in [5.74, 6) is 0. The molecule has 1 N–H and O–H groups in total. The van der Waals surface area contributed by atoms with Crippen LogP contribution in [0.5, 0.6) is 0 Å². The zero-order valence-electron chi connectivity index (χ0n) is 12.4. The first-order valence-electron chi connectivity index (χ1n) is 6.73. The molecule has 0 bridgehead atoms. The molecule has 0 atom stereocenters. The Morgan fingerprint density at radius 2 is 1.65 bits per heavy atom. The van der Waals surface area contributed by atoms with Crippen molar-refractivity contribution in [3.8, 4) is 0 Å². The molecule has 0 aliphatic rings. The minimum atomic E-state index is -4.27. The van der Waals surface area contributed by atoms with Gasteiger partial charge < -0.3 is 5.32 Å². The van der Waals surface area contributed by atoms with Crippen LogP contribution < -0.4 is 5.32 Å². The van der Waals surface area contributed by atoms with E-state index in [1.807, 2.05) is 13.0 Å². The van der Waals surface area contributed by atoms with E-state index in [0.29, 0.717) is 0 Å². The minimum Gasteiger partial charge on any atom is -0.308 e. The fourth-order valence-corrected chi connectivity index (χ4v) is 1.66. The molecule has 0 aromatic heterocycles. The van der Waals surface area contributed by atoms with Crippen LogP contribution in [-0.2, 0) is 6.18 Å². The van der Waals surface area contributed by atoms with E-state index in [9.17, 15) is 13.2 Å². The summed E-state index contributed by atoms with van der Waals surface area (Å²) in [5.41, 5.74) is 1.37. The molecule has 1 aromatic carbocycles. The predicted octanol–water partition coefficient (Wildman–Crippen LogP) is 4.89. The Labute approximate surface area is 118 Å². The Balaban J connectivity index is 2.80. The maximum atomic E-state index is 12.5. The normalized spacial score (nSPS) is 13.7. The number of hydrogen-bond acceptors (Lipinski definition) is 1. The van der Waals surface area contributed by atoms with E-state index < -0.39 is 11.7 Å². The number of nitrogens with one attached hydrogen (secondary N) is 1. The van der Waals surface area contributed by atoms with Crippen LogP contribution in [0, 0.1) is 0 Å². The van der Waals surface area contributed by atoms with Crippen LogP contribution >= 0.6 is 0 Å². The van der Waals surface area contributed by atoms with Crippen LogP contribution in [0.2, 0.25) is 0 Å². The number of rotatable bonds is 4. The highest BCUT2D eigenvalue weighted by atomic mass is 19.4. The summed E-state index contributed by atoms with van der Waals surface area (Å²) in [5, 5.41) is 3.38. The van der Waals surface area contributed by atoms with Crippen molar-refractivity contribution in [3.05, 3.63) is 41.0 Å². The summed E-state index contributed by atoms with van der Waals surface area (Å²) < 4.78 is 37.4. The average Bonchev–Trinajstić information content (AvgIpc) is 2.33. The van der Waals surface area contributed by atoms with Gasteiger partial charge in [0.25, 0.3) is 0 Å². The van der Waals surface area contributed by atoms with E-state index in [0.717, 1.165) is 30.7 Å². The molecule has 112 valence electrons. The number of hydrogen-bond donors (Lipinski definition) is 1. The van der Waals surface area contributed by atoms with Crippen molar-refractivity contribution in [2.75, 3.05) is 6.54 Å². The average molecular weight is 285 g/mol. The predicted molar refractivity (Wildman–Crippen MR) is 77.5 cm³/mol. The molecule has 1 aromatic rings. The van der Waals surface area contributed by atoms with Crippen molar-refractivity contribution in [2.45, 2.75) is 45.8 Å². The molecular formula is C16H22F3N. The molecule has 0 saturated carbocycles. The van der Waals surface area contributed by atoms with Gasteiger partial charge in [0.1, 0.15) is 0 Å². The first-order valence-corrected chi connectivity index (χ1v) is 6.73. The van der Waals surface area contributed by atoms with Gasteiger partial charge in [-0.2, -0.15) is 13.2 Å². The lowest BCUT2D eigenvalue weighted by Crippen LogP contribution is -2.36. The van der Waals surface area contributed by atoms with Crippen LogP contribution in [0.25, 0.3) is 6.08 Å². The minimum absolute atomic E-state index is 0.0222. The van der Waals surface area contributed by atoms with Crippen molar-refractivity contribution in [3.63, 3.8) is 0 Å². The highest BCUT2D eigenvalue weighted by Gasteiger charge is 2.29. The van der Waals surface area contributed by atoms with Gasteiger partial charge in [-0.1, -0.05) is 30.7 Å². The molecular weight excluding hydrogens is 263 g/mol. The highest BCUT2D eigenvalue weighted by molar-refractivity contribution is 5.53. The number of halogens is 3. The van der Waals surface area contributed by atoms with Crippen LogP contribution in [0.4, 0.5) is 13.2 Å². The molecule has 1 rings (SSSR count). The maximum absolute atomic E-state index is 12.5. The zero-order chi connectivity index (χ0) is 15.4. The molecule has 1 nitrogen and oxygen atoms in total. The van der Waals surface area contributed by atoms with E-state index in [1.54, 1.807) is 0 Å². The lowest BCUT2D eigenvalue weighted by molar-refractivity contribution is -0.137. The molecule has 0 aliphatic carbocycles. The van der Waals surface area contributed by atoms with E-state index >= 15 is 0 Å². The van der Waals surface area contributed by atoms with Gasteiger partial charge in [0.15, 0.2) is 0 Å². The molecule has 0 amide bonds. The molecule has 0 heterocycles. The van der Waals surface area contributed by atoms with Gasteiger partial charge in [0.2, 0.25) is 0 Å². The van der Waals surface area contributed by atoms with Crippen molar-refractivity contribution < 1.29 is 13.2 Å². The quantitative estimate of drug-likeness (QED) is 0.830. The Morgan fingerprint density at radius 1 is 1.10 bits per heavy atom. The number of benzene rings is 1. The highest BCUT2D eigenvalue weighted by Crippen LogP contribution is 2.29. The van der Waals surface area contributed by atoms with Crippen molar-refractivity contribution in [2.24, 2.45) is 0 Å². The third-order valence-corrected chi connectivity index (χ3v) is 2.91. The second kappa shape index (κ2) is 6.44. The van der Waals surface area contributed by atoms with E-state index in [4.69, 9.17) is 0 Å². The van der Waals surface area contributed by atoms with Gasteiger partial charge in [0, 0.05) is 12.1 Å². The largest absolute Gasteiger partial charge is 0.416 e. The summed E-state index contributed by atoms with van der Waals surface area (Å²) in [6.45, 7) is 9.02. The Hall–Kier alpha value is -1.29. The molecule has 4 heteroatoms. The Morgan fingerprint density at radius 3 is 2.05 bits per heavy atom. The molecule has 0 radical (unpaired) electrons. The van der Waals surface area contributed by atoms with Gasteiger partial charge in [-0.05, 0) is 44.9 Å². The lowest BCUT2D eigenvalue weighted by Gasteiger charge is -2.21. The van der Waals surface area contributed by atoms with E-state index in [-0.39, 0.29) is 5.54 Å². The fraction of sp³-hybridized carbons (Fsp3) is 0.500. The standard InChI is InChI=1S/C16H22F3N/c1-5-12(11-20-15(2,3)4)10-13-6-8-14(9-7-13)16(17,18)19/h6-10,20H,5,11H2,1-4H3. The topological polar surface area (TPSA) is 12.0 Å². The SMILES string of the molecule is CCC(=Cc1ccc(C(F)(F)F)cc1)CNC(C)(C)C. The van der Waals surface area contributed by atoms with E-state index in [2.05, 4.69) is 26.1 Å². The van der Waals surface area contributed by atoms with Crippen molar-refractivity contribution in [1.82, 2.24) is 5.32 Å². The maximum Gasteiger partial charge on any atom is 0.416 e. The van der Waals surface area contributed by atoms with Crippen LogP contribution in [0.15, 0.2) is 29.8 Å². The number of alkyl halides is 3. The molecule has 0 saturated heterocycles. The van der Waals surface area contributed by atoms with Crippen LogP contribution in [-0.4, -0.2) is 12.1 Å². The third kappa shape index (κ3) is 5.78. The Kier molecular flexibility index (Phi) is 5.40. The van der Waals surface area contributed by atoms with Crippen molar-refractivity contribution in [1.29, 1.82) is 0 Å². The summed E-state index contributed by atoms with van der Waals surface area (Å²) in [6, 6.07) is 5.26. The second-order valence-electron chi connectivity index (χ2n) is 5.88. The summed E-state index contributed by atoms with van der Waals surface area (Å²) in [7, 11) is 0. The van der Waals surface area contributed by atoms with Gasteiger partial charge in [0.05, 0.1) is 5.56 Å². The molecule has 0 aliphatic heterocycles. The van der Waals surface area contributed by atoms with Gasteiger partial charge in [-0.25, -0.2) is 0 Å². The lowest BCUT2D eigenvalue weighted by atomic mass is 10.0. The molecule has 0 fully saturated rings. The van der Waals surface area contributed by atoms with Gasteiger partial charge >= 0.3 is 6.18 Å². The summed E-state index contributed by atoms with van der Waals surface area (Å²) >= 11 is 0. The summed E-state index contributed by atoms with van der Waals surface area (Å²) in [6.07, 6.45) is -1.47. The summed E-state index contributed by atoms with van der Waals surface area (Å²) in [4.78, 5) is 0. The first-order chi connectivity index (χ1) is 9.12. The van der Waals surface area contributed by atoms with Crippen LogP contribution in [0.1, 0.15) is 45.2 Å². The molecule has 20 heavy (non-hydrogen) atoms. The first kappa shape index (κ1) is 16.8. The molecule has 0 unspecified atom stereocenters. The van der Waals surface area contributed by atoms with Gasteiger partial charge in [-0.3, -0.25) is 0 Å². The molecule has 0 spiro atoms. The smallest absolute Gasteiger partial charge is 0.308 e.